The highest BCUT2D eigenvalue weighted by atomic mass is 32.1. The lowest BCUT2D eigenvalue weighted by Crippen LogP contribution is -1.99. The van der Waals surface area contributed by atoms with Crippen molar-refractivity contribution in [3.63, 3.8) is 0 Å². The van der Waals surface area contributed by atoms with E-state index in [4.69, 9.17) is 9.52 Å². The number of nitrogens with zero attached hydrogens (tertiary/aromatic N) is 2. The van der Waals surface area contributed by atoms with Crippen LogP contribution in [0.2, 0.25) is 0 Å². The summed E-state index contributed by atoms with van der Waals surface area (Å²) in [6.07, 6.45) is 4.11. The van der Waals surface area contributed by atoms with Crippen LogP contribution in [-0.2, 0) is 11.2 Å². The Morgan fingerprint density at radius 3 is 3.17 bits per heavy atom. The Labute approximate surface area is 106 Å². The molecule has 92 valence electrons. The quantitative estimate of drug-likeness (QED) is 0.785. The van der Waals surface area contributed by atoms with Gasteiger partial charge in [0.25, 0.3) is 0 Å². The number of imidazole rings is 1. The van der Waals surface area contributed by atoms with E-state index in [1.165, 1.54) is 11.3 Å². The zero-order valence-corrected chi connectivity index (χ0v) is 10.2. The minimum Gasteiger partial charge on any atom is -0.481 e. The van der Waals surface area contributed by atoms with Gasteiger partial charge in [0.1, 0.15) is 5.69 Å². The van der Waals surface area contributed by atoms with E-state index in [1.54, 1.807) is 6.26 Å². The fraction of sp³-hybridized carbons (Fsp3) is 0.167. The highest BCUT2D eigenvalue weighted by Gasteiger charge is 2.11. The molecule has 0 spiro atoms. The number of aryl methyl sites for hydroxylation is 1. The molecule has 0 aliphatic heterocycles. The average molecular weight is 262 g/mol. The van der Waals surface area contributed by atoms with E-state index >= 15 is 0 Å². The maximum absolute atomic E-state index is 10.6. The van der Waals surface area contributed by atoms with Gasteiger partial charge in [0.15, 0.2) is 10.7 Å². The number of carbonyl (C=O) groups is 1. The minimum atomic E-state index is -0.791. The fourth-order valence-corrected chi connectivity index (χ4v) is 2.69. The second-order valence-corrected chi connectivity index (χ2v) is 4.71. The number of rotatable bonds is 4. The van der Waals surface area contributed by atoms with E-state index in [1.807, 2.05) is 28.1 Å². The van der Waals surface area contributed by atoms with Gasteiger partial charge in [-0.05, 0) is 18.6 Å². The molecule has 0 aliphatic carbocycles. The molecule has 0 fully saturated rings. The number of hydrogen-bond acceptors (Lipinski definition) is 4. The van der Waals surface area contributed by atoms with Crippen molar-refractivity contribution >= 4 is 22.3 Å². The molecule has 0 amide bonds. The van der Waals surface area contributed by atoms with Gasteiger partial charge in [0, 0.05) is 17.3 Å². The Balaban J connectivity index is 1.95. The second kappa shape index (κ2) is 4.30. The Hall–Kier alpha value is -2.08. The minimum absolute atomic E-state index is 0.125. The van der Waals surface area contributed by atoms with Gasteiger partial charge in [-0.15, -0.1) is 11.3 Å². The zero-order valence-electron chi connectivity index (χ0n) is 9.37. The summed E-state index contributed by atoms with van der Waals surface area (Å²) < 4.78 is 7.21. The Morgan fingerprint density at radius 1 is 1.56 bits per heavy atom. The van der Waals surface area contributed by atoms with Crippen LogP contribution in [0.4, 0.5) is 0 Å². The first kappa shape index (κ1) is 11.0. The predicted octanol–water partition coefficient (Wildman–Crippen LogP) is 2.67. The summed E-state index contributed by atoms with van der Waals surface area (Å²) >= 11 is 1.50. The van der Waals surface area contributed by atoms with Crippen molar-refractivity contribution in [2.24, 2.45) is 0 Å². The SMILES string of the molecule is O=C(O)CCc1csc2nc(-c3ccco3)cn12. The summed E-state index contributed by atoms with van der Waals surface area (Å²) in [4.78, 5) is 15.9. The number of aliphatic carboxylic acids is 1. The number of fused-ring (bicyclic) bond motifs is 1. The molecular weight excluding hydrogens is 252 g/mol. The van der Waals surface area contributed by atoms with E-state index in [0.717, 1.165) is 22.1 Å². The van der Waals surface area contributed by atoms with Crippen molar-refractivity contribution < 1.29 is 14.3 Å². The summed E-state index contributed by atoms with van der Waals surface area (Å²) in [6, 6.07) is 3.66. The summed E-state index contributed by atoms with van der Waals surface area (Å²) in [5, 5.41) is 10.6. The van der Waals surface area contributed by atoms with Crippen LogP contribution in [0.15, 0.2) is 34.4 Å². The molecule has 0 atom stereocenters. The third kappa shape index (κ3) is 1.91. The van der Waals surface area contributed by atoms with Gasteiger partial charge in [-0.2, -0.15) is 0 Å². The normalized spacial score (nSPS) is 11.1. The molecule has 3 aromatic heterocycles. The number of furan rings is 1. The van der Waals surface area contributed by atoms with E-state index in [9.17, 15) is 4.79 Å². The number of thiazole rings is 1. The van der Waals surface area contributed by atoms with E-state index in [-0.39, 0.29) is 6.42 Å². The molecule has 0 saturated heterocycles. The van der Waals surface area contributed by atoms with Crippen molar-refractivity contribution in [1.82, 2.24) is 9.38 Å². The molecule has 0 aliphatic rings. The molecule has 5 nitrogen and oxygen atoms in total. The molecule has 0 radical (unpaired) electrons. The first-order valence-corrected chi connectivity index (χ1v) is 6.33. The highest BCUT2D eigenvalue weighted by Crippen LogP contribution is 2.24. The molecular formula is C12H10N2O3S. The van der Waals surface area contributed by atoms with Crippen molar-refractivity contribution in [3.05, 3.63) is 35.7 Å². The molecule has 3 aromatic rings. The molecule has 0 unspecified atom stereocenters. The van der Waals surface area contributed by atoms with Gasteiger partial charge in [-0.1, -0.05) is 0 Å². The van der Waals surface area contributed by atoms with Crippen molar-refractivity contribution in [2.75, 3.05) is 0 Å². The summed E-state index contributed by atoms with van der Waals surface area (Å²) in [5.41, 5.74) is 1.73. The van der Waals surface area contributed by atoms with Crippen LogP contribution >= 0.6 is 11.3 Å². The van der Waals surface area contributed by atoms with Crippen LogP contribution in [0.5, 0.6) is 0 Å². The summed E-state index contributed by atoms with van der Waals surface area (Å²) in [7, 11) is 0. The van der Waals surface area contributed by atoms with Gasteiger partial charge in [-0.25, -0.2) is 4.98 Å². The molecule has 1 N–H and O–H groups in total. The highest BCUT2D eigenvalue weighted by molar-refractivity contribution is 7.15. The van der Waals surface area contributed by atoms with E-state index in [2.05, 4.69) is 4.98 Å². The summed E-state index contributed by atoms with van der Waals surface area (Å²) in [6.45, 7) is 0. The maximum atomic E-state index is 10.6. The number of hydrogen-bond donors (Lipinski definition) is 1. The van der Waals surface area contributed by atoms with Gasteiger partial charge in [-0.3, -0.25) is 9.20 Å². The lowest BCUT2D eigenvalue weighted by atomic mass is 10.2. The molecule has 0 bridgehead atoms. The molecule has 0 saturated carbocycles. The average Bonchev–Trinajstić information content (AvgIpc) is 3.02. The Morgan fingerprint density at radius 2 is 2.44 bits per heavy atom. The van der Waals surface area contributed by atoms with Crippen LogP contribution in [0.3, 0.4) is 0 Å². The van der Waals surface area contributed by atoms with Crippen LogP contribution in [0.25, 0.3) is 16.4 Å². The maximum Gasteiger partial charge on any atom is 0.303 e. The lowest BCUT2D eigenvalue weighted by Gasteiger charge is -1.95. The van der Waals surface area contributed by atoms with Crippen LogP contribution in [0.1, 0.15) is 12.1 Å². The second-order valence-electron chi connectivity index (χ2n) is 3.88. The van der Waals surface area contributed by atoms with E-state index in [0.29, 0.717) is 6.42 Å². The fourth-order valence-electron chi connectivity index (χ4n) is 1.79. The molecule has 6 heteroatoms. The smallest absolute Gasteiger partial charge is 0.303 e. The first-order valence-electron chi connectivity index (χ1n) is 5.45. The van der Waals surface area contributed by atoms with Gasteiger partial charge >= 0.3 is 5.97 Å². The number of carboxylic acid groups (broad SMARTS) is 1. The van der Waals surface area contributed by atoms with Crippen LogP contribution in [0, 0.1) is 0 Å². The topological polar surface area (TPSA) is 67.7 Å². The third-order valence-electron chi connectivity index (χ3n) is 2.65. The molecule has 3 rings (SSSR count). The number of aromatic nitrogens is 2. The third-order valence-corrected chi connectivity index (χ3v) is 3.54. The molecule has 0 aromatic carbocycles. The predicted molar refractivity (Wildman–Crippen MR) is 66.7 cm³/mol. The largest absolute Gasteiger partial charge is 0.481 e. The number of carboxylic acids is 1. The van der Waals surface area contributed by atoms with Gasteiger partial charge < -0.3 is 9.52 Å². The summed E-state index contributed by atoms with van der Waals surface area (Å²) in [5.74, 6) is -0.0733. The van der Waals surface area contributed by atoms with Crippen molar-refractivity contribution in [1.29, 1.82) is 0 Å². The molecule has 18 heavy (non-hydrogen) atoms. The molecule has 3 heterocycles. The Kier molecular flexibility index (Phi) is 2.64. The van der Waals surface area contributed by atoms with Crippen molar-refractivity contribution in [2.45, 2.75) is 12.8 Å². The zero-order chi connectivity index (χ0) is 12.5. The Bertz CT molecular complexity index is 681. The van der Waals surface area contributed by atoms with Crippen LogP contribution in [-0.4, -0.2) is 20.5 Å². The van der Waals surface area contributed by atoms with E-state index < -0.39 is 5.97 Å². The standard InChI is InChI=1S/C12H10N2O3S/c15-11(16)4-3-8-7-18-12-13-9(6-14(8)12)10-2-1-5-17-10/h1-2,5-7H,3-4H2,(H,15,16). The lowest BCUT2D eigenvalue weighted by molar-refractivity contribution is -0.136. The first-order chi connectivity index (χ1) is 8.74. The van der Waals surface area contributed by atoms with Gasteiger partial charge in [0.2, 0.25) is 0 Å². The van der Waals surface area contributed by atoms with Crippen LogP contribution < -0.4 is 0 Å². The van der Waals surface area contributed by atoms with Crippen molar-refractivity contribution in [3.8, 4) is 11.5 Å². The monoisotopic (exact) mass is 262 g/mol. The van der Waals surface area contributed by atoms with Gasteiger partial charge in [0.05, 0.1) is 12.7 Å².